The molecule has 1 fully saturated rings. The standard InChI is InChI=1S/C11H16O5/c1-3-15-11(14)9-6-8(13)4-5-10(9)16-7(2)12/h9-10H,3-6H2,1-2H3. The molecule has 0 aromatic rings. The van der Waals surface area contributed by atoms with Gasteiger partial charge in [0.1, 0.15) is 17.8 Å². The Morgan fingerprint density at radius 2 is 2.12 bits per heavy atom. The van der Waals surface area contributed by atoms with Crippen molar-refractivity contribution in [1.82, 2.24) is 0 Å². The summed E-state index contributed by atoms with van der Waals surface area (Å²) >= 11 is 0. The van der Waals surface area contributed by atoms with E-state index in [2.05, 4.69) is 0 Å². The van der Waals surface area contributed by atoms with Gasteiger partial charge in [-0.15, -0.1) is 0 Å². The molecule has 0 aromatic heterocycles. The van der Waals surface area contributed by atoms with E-state index in [1.54, 1.807) is 6.92 Å². The van der Waals surface area contributed by atoms with Crippen LogP contribution in [0, 0.1) is 5.92 Å². The molecule has 2 unspecified atom stereocenters. The topological polar surface area (TPSA) is 69.7 Å². The normalized spacial score (nSPS) is 25.0. The minimum atomic E-state index is -0.634. The quantitative estimate of drug-likeness (QED) is 0.670. The van der Waals surface area contributed by atoms with E-state index < -0.39 is 24.0 Å². The fraction of sp³-hybridized carbons (Fsp3) is 0.727. The summed E-state index contributed by atoms with van der Waals surface area (Å²) in [6.45, 7) is 3.25. The fourth-order valence-corrected chi connectivity index (χ4v) is 1.82. The highest BCUT2D eigenvalue weighted by molar-refractivity contribution is 5.86. The zero-order valence-electron chi connectivity index (χ0n) is 9.52. The van der Waals surface area contributed by atoms with Crippen molar-refractivity contribution in [2.75, 3.05) is 6.61 Å². The largest absolute Gasteiger partial charge is 0.466 e. The molecular formula is C11H16O5. The second-order valence-electron chi connectivity index (χ2n) is 3.79. The van der Waals surface area contributed by atoms with Gasteiger partial charge in [-0.2, -0.15) is 0 Å². The number of esters is 2. The Bertz CT molecular complexity index is 297. The van der Waals surface area contributed by atoms with Crippen LogP contribution in [-0.4, -0.2) is 30.4 Å². The Balaban J connectivity index is 2.68. The van der Waals surface area contributed by atoms with E-state index in [1.807, 2.05) is 0 Å². The number of ketones is 1. The first-order valence-corrected chi connectivity index (χ1v) is 5.40. The molecule has 1 aliphatic rings. The Morgan fingerprint density at radius 1 is 1.44 bits per heavy atom. The Labute approximate surface area is 94.1 Å². The maximum Gasteiger partial charge on any atom is 0.313 e. The van der Waals surface area contributed by atoms with E-state index in [1.165, 1.54) is 6.92 Å². The van der Waals surface area contributed by atoms with Crippen LogP contribution < -0.4 is 0 Å². The van der Waals surface area contributed by atoms with Crippen LogP contribution in [0.3, 0.4) is 0 Å². The molecule has 0 N–H and O–H groups in total. The van der Waals surface area contributed by atoms with E-state index >= 15 is 0 Å². The number of Topliss-reactive ketones (excluding diaryl/α,β-unsaturated/α-hetero) is 1. The summed E-state index contributed by atoms with van der Waals surface area (Å²) in [6.07, 6.45) is 0.348. The molecule has 0 spiro atoms. The lowest BCUT2D eigenvalue weighted by molar-refractivity contribution is -0.165. The summed E-state index contributed by atoms with van der Waals surface area (Å²) in [5.41, 5.74) is 0. The second-order valence-corrected chi connectivity index (χ2v) is 3.79. The lowest BCUT2D eigenvalue weighted by Crippen LogP contribution is -2.38. The Hall–Kier alpha value is -1.39. The average molecular weight is 228 g/mol. The lowest BCUT2D eigenvalue weighted by Gasteiger charge is -2.28. The molecule has 16 heavy (non-hydrogen) atoms. The SMILES string of the molecule is CCOC(=O)C1CC(=O)CCC1OC(C)=O. The molecule has 1 aliphatic carbocycles. The highest BCUT2D eigenvalue weighted by atomic mass is 16.6. The molecule has 0 saturated heterocycles. The number of hydrogen-bond donors (Lipinski definition) is 0. The molecule has 1 saturated carbocycles. The van der Waals surface area contributed by atoms with Crippen LogP contribution in [-0.2, 0) is 23.9 Å². The van der Waals surface area contributed by atoms with Gasteiger partial charge in [0.05, 0.1) is 6.61 Å². The van der Waals surface area contributed by atoms with Crippen LogP contribution in [0.25, 0.3) is 0 Å². The van der Waals surface area contributed by atoms with E-state index in [4.69, 9.17) is 9.47 Å². The van der Waals surface area contributed by atoms with E-state index in [0.717, 1.165) is 0 Å². The highest BCUT2D eigenvalue weighted by Gasteiger charge is 2.37. The van der Waals surface area contributed by atoms with Crippen LogP contribution in [0.1, 0.15) is 33.1 Å². The van der Waals surface area contributed by atoms with Crippen LogP contribution in [0.4, 0.5) is 0 Å². The number of carbonyl (C=O) groups excluding carboxylic acids is 3. The van der Waals surface area contributed by atoms with Gasteiger partial charge >= 0.3 is 11.9 Å². The van der Waals surface area contributed by atoms with Gasteiger partial charge in [-0.05, 0) is 13.3 Å². The van der Waals surface area contributed by atoms with Crippen molar-refractivity contribution < 1.29 is 23.9 Å². The first-order valence-electron chi connectivity index (χ1n) is 5.40. The summed E-state index contributed by atoms with van der Waals surface area (Å²) < 4.78 is 9.89. The van der Waals surface area contributed by atoms with Gasteiger partial charge in [-0.25, -0.2) is 0 Å². The van der Waals surface area contributed by atoms with Crippen molar-refractivity contribution in [1.29, 1.82) is 0 Å². The maximum absolute atomic E-state index is 11.6. The van der Waals surface area contributed by atoms with Crippen molar-refractivity contribution in [3.05, 3.63) is 0 Å². The second kappa shape index (κ2) is 5.63. The molecular weight excluding hydrogens is 212 g/mol. The molecule has 0 bridgehead atoms. The molecule has 90 valence electrons. The zero-order chi connectivity index (χ0) is 12.1. The van der Waals surface area contributed by atoms with Crippen LogP contribution in [0.15, 0.2) is 0 Å². The van der Waals surface area contributed by atoms with Gasteiger partial charge in [0.2, 0.25) is 0 Å². The maximum atomic E-state index is 11.6. The monoisotopic (exact) mass is 228 g/mol. The van der Waals surface area contributed by atoms with Gasteiger partial charge in [0, 0.05) is 19.8 Å². The predicted molar refractivity (Wildman–Crippen MR) is 54.5 cm³/mol. The molecule has 5 heteroatoms. The third-order valence-corrected chi connectivity index (χ3v) is 2.51. The number of rotatable bonds is 3. The molecule has 2 atom stereocenters. The highest BCUT2D eigenvalue weighted by Crippen LogP contribution is 2.26. The number of carbonyl (C=O) groups is 3. The third kappa shape index (κ3) is 3.32. The van der Waals surface area contributed by atoms with Crippen molar-refractivity contribution in [3.8, 4) is 0 Å². The third-order valence-electron chi connectivity index (χ3n) is 2.51. The van der Waals surface area contributed by atoms with Gasteiger partial charge in [-0.3, -0.25) is 14.4 Å². The van der Waals surface area contributed by atoms with Gasteiger partial charge in [-0.1, -0.05) is 0 Å². The summed E-state index contributed by atoms with van der Waals surface area (Å²) in [7, 11) is 0. The summed E-state index contributed by atoms with van der Waals surface area (Å²) in [4.78, 5) is 33.7. The molecule has 5 nitrogen and oxygen atoms in total. The molecule has 0 aliphatic heterocycles. The van der Waals surface area contributed by atoms with Crippen LogP contribution >= 0.6 is 0 Å². The van der Waals surface area contributed by atoms with Gasteiger partial charge in [0.15, 0.2) is 0 Å². The molecule has 1 rings (SSSR count). The van der Waals surface area contributed by atoms with E-state index in [0.29, 0.717) is 12.8 Å². The first-order chi connectivity index (χ1) is 7.54. The van der Waals surface area contributed by atoms with Crippen LogP contribution in [0.2, 0.25) is 0 Å². The Morgan fingerprint density at radius 3 is 2.69 bits per heavy atom. The van der Waals surface area contributed by atoms with Crippen molar-refractivity contribution in [3.63, 3.8) is 0 Å². The molecule has 0 amide bonds. The Kier molecular flexibility index (Phi) is 4.46. The zero-order valence-corrected chi connectivity index (χ0v) is 9.52. The van der Waals surface area contributed by atoms with E-state index in [-0.39, 0.29) is 18.8 Å². The summed E-state index contributed by atoms with van der Waals surface area (Å²) in [6, 6.07) is 0. The minimum absolute atomic E-state index is 0.0152. The molecule has 0 radical (unpaired) electrons. The molecule has 0 aromatic carbocycles. The van der Waals surface area contributed by atoms with Gasteiger partial charge in [0.25, 0.3) is 0 Å². The van der Waals surface area contributed by atoms with Crippen molar-refractivity contribution in [2.45, 2.75) is 39.2 Å². The van der Waals surface area contributed by atoms with Gasteiger partial charge < -0.3 is 9.47 Å². The number of ether oxygens (including phenoxy) is 2. The fourth-order valence-electron chi connectivity index (χ4n) is 1.82. The average Bonchev–Trinajstić information content (AvgIpc) is 2.20. The van der Waals surface area contributed by atoms with Crippen molar-refractivity contribution in [2.24, 2.45) is 5.92 Å². The lowest BCUT2D eigenvalue weighted by atomic mass is 9.85. The van der Waals surface area contributed by atoms with Crippen LogP contribution in [0.5, 0.6) is 0 Å². The molecule has 0 heterocycles. The predicted octanol–water partition coefficient (Wildman–Crippen LogP) is 0.850. The summed E-state index contributed by atoms with van der Waals surface area (Å²) in [5.74, 6) is -1.51. The van der Waals surface area contributed by atoms with Crippen molar-refractivity contribution >= 4 is 17.7 Å². The smallest absolute Gasteiger partial charge is 0.313 e. The minimum Gasteiger partial charge on any atom is -0.466 e. The first kappa shape index (κ1) is 12.7. The van der Waals surface area contributed by atoms with E-state index in [9.17, 15) is 14.4 Å². The summed E-state index contributed by atoms with van der Waals surface area (Å²) in [5, 5.41) is 0. The number of hydrogen-bond acceptors (Lipinski definition) is 5.